The van der Waals surface area contributed by atoms with Gasteiger partial charge in [-0.25, -0.2) is 9.67 Å². The molecule has 0 saturated heterocycles. The standard InChI is InChI=1S/C11H14N6O3/c18-9-3-4-11(20)17(16-9)6-10(19)12-5-1-2-8-13-7-14-15-8/h3-4,7H,1-2,5-6H2,(H,12,19)(H,16,18)(H,13,14,15). The van der Waals surface area contributed by atoms with Crippen LogP contribution in [0.15, 0.2) is 28.0 Å². The van der Waals surface area contributed by atoms with Crippen LogP contribution in [0.25, 0.3) is 0 Å². The van der Waals surface area contributed by atoms with Crippen LogP contribution in [-0.4, -0.2) is 37.4 Å². The second-order valence-corrected chi connectivity index (χ2v) is 4.12. The van der Waals surface area contributed by atoms with Crippen molar-refractivity contribution in [1.82, 2.24) is 30.3 Å². The Hall–Kier alpha value is -2.71. The van der Waals surface area contributed by atoms with E-state index in [0.717, 1.165) is 22.6 Å². The fourth-order valence-electron chi connectivity index (χ4n) is 1.61. The first-order chi connectivity index (χ1) is 9.65. The van der Waals surface area contributed by atoms with E-state index in [2.05, 4.69) is 25.6 Å². The van der Waals surface area contributed by atoms with E-state index in [4.69, 9.17) is 0 Å². The molecule has 20 heavy (non-hydrogen) atoms. The number of aromatic nitrogens is 5. The van der Waals surface area contributed by atoms with Crippen LogP contribution < -0.4 is 16.4 Å². The summed E-state index contributed by atoms with van der Waals surface area (Å²) in [5, 5.41) is 11.4. The molecule has 0 radical (unpaired) electrons. The van der Waals surface area contributed by atoms with E-state index in [1.807, 2.05) is 0 Å². The van der Waals surface area contributed by atoms with Gasteiger partial charge in [0.15, 0.2) is 0 Å². The SMILES string of the molecule is O=C(Cn1[nH]c(=O)ccc1=O)NCCCc1ncn[nH]1. The Morgan fingerprint density at radius 1 is 1.35 bits per heavy atom. The molecule has 2 aromatic rings. The Morgan fingerprint density at radius 3 is 2.95 bits per heavy atom. The van der Waals surface area contributed by atoms with Gasteiger partial charge in [-0.15, -0.1) is 0 Å². The maximum Gasteiger partial charge on any atom is 0.265 e. The first-order valence-electron chi connectivity index (χ1n) is 6.06. The number of hydrogen-bond donors (Lipinski definition) is 3. The molecule has 0 unspecified atom stereocenters. The van der Waals surface area contributed by atoms with Crippen LogP contribution in [0, 0.1) is 0 Å². The van der Waals surface area contributed by atoms with Crippen LogP contribution in [0.1, 0.15) is 12.2 Å². The predicted octanol–water partition coefficient (Wildman–Crippen LogP) is -1.60. The molecule has 0 spiro atoms. The molecule has 0 atom stereocenters. The van der Waals surface area contributed by atoms with Crippen molar-refractivity contribution in [3.8, 4) is 0 Å². The second-order valence-electron chi connectivity index (χ2n) is 4.12. The summed E-state index contributed by atoms with van der Waals surface area (Å²) in [5.41, 5.74) is -0.857. The van der Waals surface area contributed by atoms with E-state index in [1.54, 1.807) is 0 Å². The maximum absolute atomic E-state index is 11.6. The number of carbonyl (C=O) groups excluding carboxylic acids is 1. The molecule has 0 saturated carbocycles. The van der Waals surface area contributed by atoms with Crippen molar-refractivity contribution in [3.63, 3.8) is 0 Å². The molecule has 2 aromatic heterocycles. The zero-order valence-corrected chi connectivity index (χ0v) is 10.6. The molecule has 3 N–H and O–H groups in total. The summed E-state index contributed by atoms with van der Waals surface area (Å²) in [6.45, 7) is 0.239. The lowest BCUT2D eigenvalue weighted by Crippen LogP contribution is -2.36. The van der Waals surface area contributed by atoms with Gasteiger partial charge in [-0.05, 0) is 6.42 Å². The van der Waals surface area contributed by atoms with Gasteiger partial charge < -0.3 is 5.32 Å². The number of amides is 1. The molecule has 2 heterocycles. The molecule has 0 aliphatic heterocycles. The molecule has 0 bridgehead atoms. The number of nitrogens with zero attached hydrogens (tertiary/aromatic N) is 3. The molecule has 0 aliphatic carbocycles. The Balaban J connectivity index is 1.76. The van der Waals surface area contributed by atoms with Crippen molar-refractivity contribution in [1.29, 1.82) is 0 Å². The van der Waals surface area contributed by atoms with E-state index in [9.17, 15) is 14.4 Å². The molecule has 9 nitrogen and oxygen atoms in total. The first kappa shape index (κ1) is 13.7. The lowest BCUT2D eigenvalue weighted by atomic mass is 10.3. The Labute approximate surface area is 113 Å². The van der Waals surface area contributed by atoms with E-state index in [-0.39, 0.29) is 12.5 Å². The molecular formula is C11H14N6O3. The Kier molecular flexibility index (Phi) is 4.43. The molecule has 0 fully saturated rings. The number of hydrogen-bond acceptors (Lipinski definition) is 5. The van der Waals surface area contributed by atoms with Gasteiger partial charge in [0, 0.05) is 25.1 Å². The number of carbonyl (C=O) groups is 1. The summed E-state index contributed by atoms with van der Waals surface area (Å²) in [4.78, 5) is 38.0. The second kappa shape index (κ2) is 6.45. The summed E-state index contributed by atoms with van der Waals surface area (Å²) >= 11 is 0. The van der Waals surface area contributed by atoms with Gasteiger partial charge in [-0.2, -0.15) is 5.10 Å². The lowest BCUT2D eigenvalue weighted by Gasteiger charge is -2.06. The highest BCUT2D eigenvalue weighted by atomic mass is 16.2. The van der Waals surface area contributed by atoms with Gasteiger partial charge in [-0.3, -0.25) is 24.6 Å². The van der Waals surface area contributed by atoms with Gasteiger partial charge in [0.05, 0.1) is 0 Å². The molecule has 0 aliphatic rings. The third-order valence-corrected chi connectivity index (χ3v) is 2.57. The monoisotopic (exact) mass is 278 g/mol. The molecule has 1 amide bonds. The third-order valence-electron chi connectivity index (χ3n) is 2.57. The summed E-state index contributed by atoms with van der Waals surface area (Å²) in [6.07, 6.45) is 2.79. The van der Waals surface area contributed by atoms with Crippen molar-refractivity contribution >= 4 is 5.91 Å². The van der Waals surface area contributed by atoms with E-state index in [0.29, 0.717) is 19.4 Å². The zero-order chi connectivity index (χ0) is 14.4. The van der Waals surface area contributed by atoms with E-state index in [1.165, 1.54) is 6.33 Å². The van der Waals surface area contributed by atoms with Gasteiger partial charge in [-0.1, -0.05) is 0 Å². The summed E-state index contributed by atoms with van der Waals surface area (Å²) < 4.78 is 0.966. The highest BCUT2D eigenvalue weighted by molar-refractivity contribution is 5.75. The highest BCUT2D eigenvalue weighted by Crippen LogP contribution is 1.91. The van der Waals surface area contributed by atoms with Crippen molar-refractivity contribution in [2.75, 3.05) is 6.54 Å². The third kappa shape index (κ3) is 3.90. The minimum Gasteiger partial charge on any atom is -0.354 e. The number of nitrogens with one attached hydrogen (secondary N) is 3. The fraction of sp³-hybridized carbons (Fsp3) is 0.364. The van der Waals surface area contributed by atoms with E-state index >= 15 is 0 Å². The maximum atomic E-state index is 11.6. The van der Waals surface area contributed by atoms with Crippen molar-refractivity contribution < 1.29 is 4.79 Å². The normalized spacial score (nSPS) is 10.4. The summed E-state index contributed by atoms with van der Waals surface area (Å²) in [6, 6.07) is 2.24. The van der Waals surface area contributed by atoms with Crippen LogP contribution >= 0.6 is 0 Å². The highest BCUT2D eigenvalue weighted by Gasteiger charge is 2.04. The molecule has 106 valence electrons. The molecule has 0 aromatic carbocycles. The van der Waals surface area contributed by atoms with Gasteiger partial charge in [0.25, 0.3) is 11.1 Å². The van der Waals surface area contributed by atoms with Crippen LogP contribution in [0.4, 0.5) is 0 Å². The molecule has 2 rings (SSSR count). The van der Waals surface area contributed by atoms with Crippen molar-refractivity contribution in [2.45, 2.75) is 19.4 Å². The van der Waals surface area contributed by atoms with Crippen LogP contribution in [0.2, 0.25) is 0 Å². The minimum absolute atomic E-state index is 0.211. The zero-order valence-electron chi connectivity index (χ0n) is 10.6. The van der Waals surface area contributed by atoms with Gasteiger partial charge in [0.1, 0.15) is 18.7 Å². The first-order valence-corrected chi connectivity index (χ1v) is 6.06. The number of aromatic amines is 2. The van der Waals surface area contributed by atoms with Crippen LogP contribution in [-0.2, 0) is 17.8 Å². The number of aryl methyl sites for hydroxylation is 1. The molecular weight excluding hydrogens is 264 g/mol. The molecule has 9 heteroatoms. The van der Waals surface area contributed by atoms with E-state index < -0.39 is 11.1 Å². The Bertz CT molecular complexity index is 672. The topological polar surface area (TPSA) is 126 Å². The van der Waals surface area contributed by atoms with Crippen LogP contribution in [0.3, 0.4) is 0 Å². The average molecular weight is 278 g/mol. The number of H-pyrrole nitrogens is 2. The van der Waals surface area contributed by atoms with Crippen molar-refractivity contribution in [2.24, 2.45) is 0 Å². The largest absolute Gasteiger partial charge is 0.354 e. The summed E-state index contributed by atoms with van der Waals surface area (Å²) in [7, 11) is 0. The van der Waals surface area contributed by atoms with Gasteiger partial charge in [0.2, 0.25) is 5.91 Å². The summed E-state index contributed by atoms with van der Waals surface area (Å²) in [5.74, 6) is 0.411. The average Bonchev–Trinajstić information content (AvgIpc) is 2.92. The predicted molar refractivity (Wildman–Crippen MR) is 69.0 cm³/mol. The lowest BCUT2D eigenvalue weighted by molar-refractivity contribution is -0.121. The van der Waals surface area contributed by atoms with Crippen molar-refractivity contribution in [3.05, 3.63) is 45.0 Å². The van der Waals surface area contributed by atoms with Gasteiger partial charge >= 0.3 is 0 Å². The Morgan fingerprint density at radius 2 is 2.20 bits per heavy atom. The minimum atomic E-state index is -0.429. The number of rotatable bonds is 6. The quantitative estimate of drug-likeness (QED) is 0.549. The smallest absolute Gasteiger partial charge is 0.265 e. The van der Waals surface area contributed by atoms with Crippen LogP contribution in [0.5, 0.6) is 0 Å². The fourth-order valence-corrected chi connectivity index (χ4v) is 1.61.